The molecule has 0 aromatic heterocycles. The van der Waals surface area contributed by atoms with E-state index in [1.807, 2.05) is 6.92 Å². The second-order valence-corrected chi connectivity index (χ2v) is 6.87. The van der Waals surface area contributed by atoms with Gasteiger partial charge in [0.05, 0.1) is 5.75 Å². The fourth-order valence-corrected chi connectivity index (χ4v) is 3.50. The molecule has 7 heteroatoms. The van der Waals surface area contributed by atoms with Gasteiger partial charge in [-0.2, -0.15) is 4.31 Å². The molecule has 1 atom stereocenters. The predicted octanol–water partition coefficient (Wildman–Crippen LogP) is -0.392. The van der Waals surface area contributed by atoms with Crippen LogP contribution in [0.5, 0.6) is 0 Å². The molecule has 0 radical (unpaired) electrons. The van der Waals surface area contributed by atoms with E-state index in [1.165, 1.54) is 4.31 Å². The van der Waals surface area contributed by atoms with E-state index in [2.05, 4.69) is 0 Å². The summed E-state index contributed by atoms with van der Waals surface area (Å²) < 4.78 is 25.2. The first-order valence-corrected chi connectivity index (χ1v) is 7.99. The topological polar surface area (TPSA) is 83.7 Å². The minimum atomic E-state index is -3.13. The third-order valence-electron chi connectivity index (χ3n) is 2.94. The van der Waals surface area contributed by atoms with E-state index < -0.39 is 10.0 Å². The largest absolute Gasteiger partial charge is 0.340 e. The highest BCUT2D eigenvalue weighted by atomic mass is 32.2. The first-order chi connectivity index (χ1) is 8.36. The maximum Gasteiger partial charge on any atom is 0.224 e. The van der Waals surface area contributed by atoms with Crippen LogP contribution in [-0.4, -0.2) is 61.5 Å². The van der Waals surface area contributed by atoms with Crippen molar-refractivity contribution in [2.75, 3.05) is 31.9 Å². The number of hydrogen-bond acceptors (Lipinski definition) is 4. The lowest BCUT2D eigenvalue weighted by Crippen LogP contribution is -2.51. The molecule has 1 aliphatic rings. The van der Waals surface area contributed by atoms with E-state index in [1.54, 1.807) is 11.8 Å². The number of amides is 1. The Morgan fingerprint density at radius 3 is 2.28 bits per heavy atom. The quantitative estimate of drug-likeness (QED) is 0.741. The Bertz CT molecular complexity index is 373. The molecule has 2 N–H and O–H groups in total. The Hall–Kier alpha value is -0.660. The van der Waals surface area contributed by atoms with Crippen LogP contribution in [0, 0.1) is 0 Å². The number of rotatable bonds is 5. The van der Waals surface area contributed by atoms with E-state index >= 15 is 0 Å². The van der Waals surface area contributed by atoms with Gasteiger partial charge in [0.2, 0.25) is 15.9 Å². The first kappa shape index (κ1) is 15.4. The van der Waals surface area contributed by atoms with E-state index in [-0.39, 0.29) is 17.7 Å². The van der Waals surface area contributed by atoms with Crippen molar-refractivity contribution in [2.45, 2.75) is 32.7 Å². The maximum absolute atomic E-state index is 11.8. The van der Waals surface area contributed by atoms with Gasteiger partial charge in [0.1, 0.15) is 0 Å². The summed E-state index contributed by atoms with van der Waals surface area (Å²) in [4.78, 5) is 13.5. The smallest absolute Gasteiger partial charge is 0.224 e. The zero-order chi connectivity index (χ0) is 13.8. The molecule has 0 aromatic rings. The molecule has 1 fully saturated rings. The normalized spacial score (nSPS) is 19.8. The average Bonchev–Trinajstić information content (AvgIpc) is 2.28. The second-order valence-electron chi connectivity index (χ2n) is 4.78. The van der Waals surface area contributed by atoms with Gasteiger partial charge in [-0.25, -0.2) is 8.42 Å². The summed E-state index contributed by atoms with van der Waals surface area (Å²) in [5.41, 5.74) is 5.58. The zero-order valence-electron chi connectivity index (χ0n) is 11.1. The van der Waals surface area contributed by atoms with Crippen molar-refractivity contribution in [3.63, 3.8) is 0 Å². The van der Waals surface area contributed by atoms with Crippen LogP contribution in [0.3, 0.4) is 0 Å². The molecule has 1 amide bonds. The van der Waals surface area contributed by atoms with Gasteiger partial charge in [-0.1, -0.05) is 6.92 Å². The Balaban J connectivity index is 2.48. The first-order valence-electron chi connectivity index (χ1n) is 6.38. The fraction of sp³-hybridized carbons (Fsp3) is 0.909. The highest BCUT2D eigenvalue weighted by molar-refractivity contribution is 7.89. The van der Waals surface area contributed by atoms with Crippen molar-refractivity contribution in [3.05, 3.63) is 0 Å². The van der Waals surface area contributed by atoms with Crippen molar-refractivity contribution in [2.24, 2.45) is 5.73 Å². The Morgan fingerprint density at radius 2 is 1.83 bits per heavy atom. The number of carbonyl (C=O) groups is 1. The molecular weight excluding hydrogens is 254 g/mol. The molecule has 106 valence electrons. The third-order valence-corrected chi connectivity index (χ3v) is 5.02. The Kier molecular flexibility index (Phi) is 5.55. The SMILES string of the molecule is CCCS(=O)(=O)N1CCN(C(=O)CC(C)N)CC1. The molecule has 0 aliphatic carbocycles. The van der Waals surface area contributed by atoms with Gasteiger partial charge in [0.25, 0.3) is 0 Å². The number of nitrogens with two attached hydrogens (primary N) is 1. The number of sulfonamides is 1. The Morgan fingerprint density at radius 1 is 1.28 bits per heavy atom. The van der Waals surface area contributed by atoms with Crippen molar-refractivity contribution in [1.82, 2.24) is 9.21 Å². The molecule has 0 saturated carbocycles. The van der Waals surface area contributed by atoms with Gasteiger partial charge in [-0.05, 0) is 13.3 Å². The van der Waals surface area contributed by atoms with Gasteiger partial charge >= 0.3 is 0 Å². The van der Waals surface area contributed by atoms with Gasteiger partial charge in [-0.15, -0.1) is 0 Å². The summed E-state index contributed by atoms with van der Waals surface area (Å²) in [6.45, 7) is 5.36. The summed E-state index contributed by atoms with van der Waals surface area (Å²) in [7, 11) is -3.13. The molecule has 0 aromatic carbocycles. The lowest BCUT2D eigenvalue weighted by atomic mass is 10.2. The lowest BCUT2D eigenvalue weighted by molar-refractivity contribution is -0.132. The molecule has 1 aliphatic heterocycles. The average molecular weight is 277 g/mol. The van der Waals surface area contributed by atoms with Crippen LogP contribution < -0.4 is 5.73 Å². The van der Waals surface area contributed by atoms with Crippen LogP contribution in [0.1, 0.15) is 26.7 Å². The van der Waals surface area contributed by atoms with Crippen LogP contribution in [0.2, 0.25) is 0 Å². The second kappa shape index (κ2) is 6.49. The molecule has 6 nitrogen and oxygen atoms in total. The fourth-order valence-electron chi connectivity index (χ4n) is 2.01. The minimum absolute atomic E-state index is 0.0116. The van der Waals surface area contributed by atoms with Crippen LogP contribution >= 0.6 is 0 Å². The third kappa shape index (κ3) is 4.22. The summed E-state index contributed by atoms with van der Waals surface area (Å²) >= 11 is 0. The highest BCUT2D eigenvalue weighted by Gasteiger charge is 2.28. The molecule has 1 heterocycles. The Labute approximate surface area is 109 Å². The van der Waals surface area contributed by atoms with Crippen LogP contribution in [0.4, 0.5) is 0 Å². The number of piperazine rings is 1. The van der Waals surface area contributed by atoms with E-state index in [9.17, 15) is 13.2 Å². The van der Waals surface area contributed by atoms with Crippen molar-refractivity contribution < 1.29 is 13.2 Å². The van der Waals surface area contributed by atoms with Crippen LogP contribution in [0.15, 0.2) is 0 Å². The van der Waals surface area contributed by atoms with Gasteiger partial charge in [0.15, 0.2) is 0 Å². The lowest BCUT2D eigenvalue weighted by Gasteiger charge is -2.34. The summed E-state index contributed by atoms with van der Waals surface area (Å²) in [6, 6.07) is -0.153. The molecule has 0 bridgehead atoms. The minimum Gasteiger partial charge on any atom is -0.340 e. The van der Waals surface area contributed by atoms with Crippen molar-refractivity contribution in [1.29, 1.82) is 0 Å². The van der Waals surface area contributed by atoms with Gasteiger partial charge < -0.3 is 10.6 Å². The van der Waals surface area contributed by atoms with E-state index in [0.29, 0.717) is 39.0 Å². The molecule has 0 spiro atoms. The van der Waals surface area contributed by atoms with E-state index in [0.717, 1.165) is 0 Å². The molecular formula is C11H23N3O3S. The van der Waals surface area contributed by atoms with E-state index in [4.69, 9.17) is 5.73 Å². The number of hydrogen-bond donors (Lipinski definition) is 1. The van der Waals surface area contributed by atoms with Crippen molar-refractivity contribution in [3.8, 4) is 0 Å². The molecule has 18 heavy (non-hydrogen) atoms. The van der Waals surface area contributed by atoms with Crippen molar-refractivity contribution >= 4 is 15.9 Å². The predicted molar refractivity (Wildman–Crippen MR) is 70.5 cm³/mol. The standard InChI is InChI=1S/C11H23N3O3S/c1-3-8-18(16,17)14-6-4-13(5-7-14)11(15)9-10(2)12/h10H,3-9,12H2,1-2H3. The molecule has 1 rings (SSSR count). The number of carbonyl (C=O) groups excluding carboxylic acids is 1. The van der Waals surface area contributed by atoms with Gasteiger partial charge in [-0.3, -0.25) is 4.79 Å². The monoisotopic (exact) mass is 277 g/mol. The summed E-state index contributed by atoms with van der Waals surface area (Å²) in [6.07, 6.45) is 0.938. The molecule has 1 unspecified atom stereocenters. The summed E-state index contributed by atoms with van der Waals surface area (Å²) in [5.74, 6) is 0.193. The summed E-state index contributed by atoms with van der Waals surface area (Å²) in [5, 5.41) is 0. The highest BCUT2D eigenvalue weighted by Crippen LogP contribution is 2.10. The zero-order valence-corrected chi connectivity index (χ0v) is 11.9. The number of nitrogens with zero attached hydrogens (tertiary/aromatic N) is 2. The maximum atomic E-state index is 11.8. The van der Waals surface area contributed by atoms with Gasteiger partial charge in [0, 0.05) is 38.6 Å². The molecule has 1 saturated heterocycles. The van der Waals surface area contributed by atoms with Crippen LogP contribution in [0.25, 0.3) is 0 Å². The van der Waals surface area contributed by atoms with Crippen LogP contribution in [-0.2, 0) is 14.8 Å².